The van der Waals surface area contributed by atoms with E-state index in [9.17, 15) is 14.7 Å². The topological polar surface area (TPSA) is 121 Å². The van der Waals surface area contributed by atoms with Gasteiger partial charge in [0.05, 0.1) is 18.2 Å². The molecule has 0 fully saturated rings. The molecule has 0 saturated heterocycles. The maximum absolute atomic E-state index is 13.4. The van der Waals surface area contributed by atoms with Gasteiger partial charge in [-0.2, -0.15) is 0 Å². The van der Waals surface area contributed by atoms with Gasteiger partial charge >= 0.3 is 6.03 Å². The van der Waals surface area contributed by atoms with Crippen molar-refractivity contribution in [2.24, 2.45) is 5.92 Å². The number of carbonyl (C=O) groups excluding carboxylic acids is 2. The van der Waals surface area contributed by atoms with Gasteiger partial charge in [0.1, 0.15) is 11.9 Å². The minimum atomic E-state index is -0.472. The Balaban J connectivity index is 1.55. The van der Waals surface area contributed by atoms with E-state index in [4.69, 9.17) is 14.2 Å². The normalized spacial score (nSPS) is 20.0. The summed E-state index contributed by atoms with van der Waals surface area (Å²) in [6.07, 6.45) is -0.168. The number of nitrogens with zero attached hydrogens (tertiary/aromatic N) is 1. The van der Waals surface area contributed by atoms with Gasteiger partial charge in [-0.15, -0.1) is 0 Å². The highest BCUT2D eigenvalue weighted by Crippen LogP contribution is 2.34. The van der Waals surface area contributed by atoms with Crippen molar-refractivity contribution in [2.75, 3.05) is 44.2 Å². The number of hydrogen-bond acceptors (Lipinski definition) is 7. The Morgan fingerprint density at radius 3 is 2.50 bits per heavy atom. The van der Waals surface area contributed by atoms with Crippen molar-refractivity contribution in [3.63, 3.8) is 0 Å². The van der Waals surface area contributed by atoms with Crippen LogP contribution in [0.15, 0.2) is 36.4 Å². The summed E-state index contributed by atoms with van der Waals surface area (Å²) < 4.78 is 16.8. The summed E-state index contributed by atoms with van der Waals surface area (Å²) in [7, 11) is 1.85. The van der Waals surface area contributed by atoms with E-state index in [2.05, 4.69) is 16.0 Å². The molecule has 182 valence electrons. The van der Waals surface area contributed by atoms with Crippen molar-refractivity contribution in [2.45, 2.75) is 26.0 Å². The molecule has 2 aliphatic heterocycles. The maximum Gasteiger partial charge on any atom is 0.323 e. The Morgan fingerprint density at radius 1 is 1.12 bits per heavy atom. The van der Waals surface area contributed by atoms with Crippen molar-refractivity contribution in [3.05, 3.63) is 42.0 Å². The predicted octanol–water partition coefficient (Wildman–Crippen LogP) is 2.50. The number of rotatable bonds is 6. The van der Waals surface area contributed by atoms with Gasteiger partial charge in [-0.05, 0) is 44.3 Å². The van der Waals surface area contributed by atoms with E-state index in [0.717, 1.165) is 0 Å². The van der Waals surface area contributed by atoms with Gasteiger partial charge in [0, 0.05) is 36.4 Å². The maximum atomic E-state index is 13.4. The number of hydrogen-bond donors (Lipinski definition) is 4. The van der Waals surface area contributed by atoms with Gasteiger partial charge in [-0.1, -0.05) is 6.92 Å². The van der Waals surface area contributed by atoms with E-state index >= 15 is 0 Å². The molecule has 2 aromatic rings. The largest absolute Gasteiger partial charge is 0.488 e. The molecule has 0 saturated carbocycles. The highest BCUT2D eigenvalue weighted by molar-refractivity contribution is 6.02. The minimum Gasteiger partial charge on any atom is -0.488 e. The first-order chi connectivity index (χ1) is 16.4. The van der Waals surface area contributed by atoms with Crippen LogP contribution in [0.5, 0.6) is 17.2 Å². The number of nitrogens with one attached hydrogen (secondary N) is 3. The molecule has 2 aromatic carbocycles. The van der Waals surface area contributed by atoms with Crippen molar-refractivity contribution in [1.29, 1.82) is 0 Å². The number of benzene rings is 2. The quantitative estimate of drug-likeness (QED) is 0.512. The molecular formula is C24H30N4O6. The molecule has 0 aliphatic carbocycles. The van der Waals surface area contributed by atoms with E-state index in [0.29, 0.717) is 47.3 Å². The number of urea groups is 1. The first-order valence-electron chi connectivity index (χ1n) is 11.2. The molecule has 3 atom stereocenters. The number of amides is 3. The smallest absolute Gasteiger partial charge is 0.323 e. The van der Waals surface area contributed by atoms with Gasteiger partial charge in [-0.3, -0.25) is 4.79 Å². The molecule has 4 N–H and O–H groups in total. The number of ether oxygens (including phenoxy) is 3. The Kier molecular flexibility index (Phi) is 7.09. The lowest BCUT2D eigenvalue weighted by atomic mass is 9.99. The van der Waals surface area contributed by atoms with Crippen molar-refractivity contribution in [3.8, 4) is 17.2 Å². The zero-order valence-electron chi connectivity index (χ0n) is 19.5. The Labute approximate surface area is 198 Å². The number of carbonyl (C=O) groups is 2. The molecule has 0 aromatic heterocycles. The average molecular weight is 471 g/mol. The van der Waals surface area contributed by atoms with E-state index in [-0.39, 0.29) is 37.4 Å². The third-order valence-electron chi connectivity index (χ3n) is 5.96. The number of likely N-dealkylation sites (N-methyl/N-ethyl adjacent to an activating group) is 1. The number of fused-ring (bicyclic) bond motifs is 2. The fraction of sp³-hybridized carbons (Fsp3) is 0.417. The second-order valence-corrected chi connectivity index (χ2v) is 8.54. The summed E-state index contributed by atoms with van der Waals surface area (Å²) >= 11 is 0. The molecule has 0 spiro atoms. The monoisotopic (exact) mass is 470 g/mol. The zero-order chi connectivity index (χ0) is 24.2. The van der Waals surface area contributed by atoms with Gasteiger partial charge in [-0.25, -0.2) is 4.79 Å². The molecule has 10 nitrogen and oxygen atoms in total. The molecular weight excluding hydrogens is 440 g/mol. The molecule has 2 heterocycles. The summed E-state index contributed by atoms with van der Waals surface area (Å²) in [5, 5.41) is 18.4. The SMILES string of the molecule is CNC[C@@H]1Oc2ccc(NC(=O)Nc3ccc4c(c3)OCO4)cc2C(=O)N([C@@H](C)CO)C[C@H]1C. The lowest BCUT2D eigenvalue weighted by Gasteiger charge is -2.37. The van der Waals surface area contributed by atoms with Crippen LogP contribution in [0.25, 0.3) is 0 Å². The summed E-state index contributed by atoms with van der Waals surface area (Å²) in [5.41, 5.74) is 1.30. The number of anilines is 2. The van der Waals surface area contributed by atoms with Crippen molar-refractivity contribution in [1.82, 2.24) is 10.2 Å². The first kappa shape index (κ1) is 23.7. The molecule has 3 amide bonds. The van der Waals surface area contributed by atoms with Crippen LogP contribution in [0, 0.1) is 5.92 Å². The molecule has 4 rings (SSSR count). The van der Waals surface area contributed by atoms with Crippen LogP contribution in [-0.4, -0.2) is 67.6 Å². The summed E-state index contributed by atoms with van der Waals surface area (Å²) in [6, 6.07) is 9.25. The molecule has 2 aliphatic rings. The predicted molar refractivity (Wildman–Crippen MR) is 127 cm³/mol. The molecule has 0 bridgehead atoms. The second-order valence-electron chi connectivity index (χ2n) is 8.54. The lowest BCUT2D eigenvalue weighted by molar-refractivity contribution is 0.0416. The van der Waals surface area contributed by atoms with E-state index in [1.54, 1.807) is 48.2 Å². The standard InChI is InChI=1S/C24H30N4O6/c1-14-11-28(15(2)12-29)23(30)18-8-16(4-6-19(18)34-22(14)10-25-3)26-24(31)27-17-5-7-20-21(9-17)33-13-32-20/h4-9,14-15,22,25,29H,10-13H2,1-3H3,(H2,26,27,31)/t14-,15+,22+/m1/s1. The van der Waals surface area contributed by atoms with Crippen LogP contribution < -0.4 is 30.2 Å². The van der Waals surface area contributed by atoms with Crippen LogP contribution in [0.2, 0.25) is 0 Å². The van der Waals surface area contributed by atoms with Crippen LogP contribution >= 0.6 is 0 Å². The average Bonchev–Trinajstić information content (AvgIpc) is 3.29. The van der Waals surface area contributed by atoms with Crippen LogP contribution in [-0.2, 0) is 0 Å². The fourth-order valence-electron chi connectivity index (χ4n) is 4.01. The highest BCUT2D eigenvalue weighted by atomic mass is 16.7. The third kappa shape index (κ3) is 5.02. The Morgan fingerprint density at radius 2 is 1.79 bits per heavy atom. The Hall–Kier alpha value is -3.50. The van der Waals surface area contributed by atoms with E-state index in [1.807, 2.05) is 14.0 Å². The van der Waals surface area contributed by atoms with Gasteiger partial charge in [0.15, 0.2) is 11.5 Å². The first-order valence-corrected chi connectivity index (χ1v) is 11.2. The summed E-state index contributed by atoms with van der Waals surface area (Å²) in [5.74, 6) is 1.41. The van der Waals surface area contributed by atoms with Crippen molar-refractivity contribution >= 4 is 23.3 Å². The zero-order valence-corrected chi connectivity index (χ0v) is 19.5. The van der Waals surface area contributed by atoms with Crippen molar-refractivity contribution < 1.29 is 28.9 Å². The second kappa shape index (κ2) is 10.2. The van der Waals surface area contributed by atoms with Gasteiger partial charge < -0.3 is 40.2 Å². The Bertz CT molecular complexity index is 1060. The number of aliphatic hydroxyl groups is 1. The molecule has 10 heteroatoms. The van der Waals surface area contributed by atoms with Crippen LogP contribution in [0.3, 0.4) is 0 Å². The van der Waals surface area contributed by atoms with Crippen LogP contribution in [0.4, 0.5) is 16.2 Å². The van der Waals surface area contributed by atoms with E-state index in [1.165, 1.54) is 0 Å². The van der Waals surface area contributed by atoms with Gasteiger partial charge in [0.2, 0.25) is 6.79 Å². The number of aliphatic hydroxyl groups excluding tert-OH is 1. The summed E-state index contributed by atoms with van der Waals surface area (Å²) in [6.45, 7) is 4.87. The van der Waals surface area contributed by atoms with E-state index < -0.39 is 6.03 Å². The van der Waals surface area contributed by atoms with Crippen LogP contribution in [0.1, 0.15) is 24.2 Å². The highest BCUT2D eigenvalue weighted by Gasteiger charge is 2.32. The molecule has 34 heavy (non-hydrogen) atoms. The third-order valence-corrected chi connectivity index (χ3v) is 5.96. The van der Waals surface area contributed by atoms with Gasteiger partial charge in [0.25, 0.3) is 5.91 Å². The summed E-state index contributed by atoms with van der Waals surface area (Å²) in [4.78, 5) is 27.7. The lowest BCUT2D eigenvalue weighted by Crippen LogP contribution is -2.49. The minimum absolute atomic E-state index is 0.0452. The molecule has 0 unspecified atom stereocenters. The molecule has 0 radical (unpaired) electrons. The fourth-order valence-corrected chi connectivity index (χ4v) is 4.01.